The van der Waals surface area contributed by atoms with E-state index in [4.69, 9.17) is 4.84 Å². The van der Waals surface area contributed by atoms with E-state index in [2.05, 4.69) is 10.3 Å². The van der Waals surface area contributed by atoms with Gasteiger partial charge in [-0.15, -0.1) is 0 Å². The van der Waals surface area contributed by atoms with E-state index in [9.17, 15) is 9.59 Å². The average molecular weight is 386 g/mol. The predicted molar refractivity (Wildman–Crippen MR) is 103 cm³/mol. The third-order valence-electron chi connectivity index (χ3n) is 5.49. The van der Waals surface area contributed by atoms with Crippen molar-refractivity contribution >= 4 is 23.2 Å². The highest BCUT2D eigenvalue weighted by molar-refractivity contribution is 6.00. The third-order valence-corrected chi connectivity index (χ3v) is 5.49. The number of oxime groups is 1. The molecule has 4 heterocycles. The topological polar surface area (TPSA) is 84.4 Å². The van der Waals surface area contributed by atoms with Crippen molar-refractivity contribution in [3.8, 4) is 0 Å². The van der Waals surface area contributed by atoms with Crippen molar-refractivity contribution in [3.05, 3.63) is 24.2 Å². The minimum absolute atomic E-state index is 0.0379. The first-order valence-electron chi connectivity index (χ1n) is 9.75. The molecule has 0 spiro atoms. The molecule has 0 N–H and O–H groups in total. The Morgan fingerprint density at radius 1 is 1.14 bits per heavy atom. The number of hydrogen-bond acceptors (Lipinski definition) is 5. The first kappa shape index (κ1) is 18.5. The molecule has 0 aromatic carbocycles. The van der Waals surface area contributed by atoms with Crippen molar-refractivity contribution in [1.82, 2.24) is 24.0 Å². The summed E-state index contributed by atoms with van der Waals surface area (Å²) < 4.78 is 3.59. The van der Waals surface area contributed by atoms with Crippen LogP contribution in [0.3, 0.4) is 0 Å². The zero-order valence-corrected chi connectivity index (χ0v) is 16.5. The Morgan fingerprint density at radius 2 is 1.89 bits per heavy atom. The quantitative estimate of drug-likeness (QED) is 0.792. The molecular formula is C19H26N6O3. The Balaban J connectivity index is 1.41. The number of aromatic nitrogens is 3. The molecule has 2 aliphatic heterocycles. The largest absolute Gasteiger partial charge is 0.382 e. The molecule has 2 aliphatic rings. The number of carbonyl (C=O) groups excluding carboxylic acids is 2. The van der Waals surface area contributed by atoms with Gasteiger partial charge < -0.3 is 19.2 Å². The van der Waals surface area contributed by atoms with Crippen LogP contribution >= 0.6 is 0 Å². The lowest BCUT2D eigenvalue weighted by molar-refractivity contribution is -0.141. The summed E-state index contributed by atoms with van der Waals surface area (Å²) in [5, 5.41) is 8.31. The molecule has 2 amide bonds. The van der Waals surface area contributed by atoms with Crippen LogP contribution in [0.15, 0.2) is 23.7 Å². The fourth-order valence-electron chi connectivity index (χ4n) is 3.79. The second-order valence-corrected chi connectivity index (χ2v) is 7.74. The van der Waals surface area contributed by atoms with Gasteiger partial charge in [0.2, 0.25) is 6.10 Å². The van der Waals surface area contributed by atoms with Crippen molar-refractivity contribution in [2.75, 3.05) is 26.2 Å². The highest BCUT2D eigenvalue weighted by Crippen LogP contribution is 2.20. The lowest BCUT2D eigenvalue weighted by Crippen LogP contribution is -2.42. The van der Waals surface area contributed by atoms with Gasteiger partial charge in [-0.3, -0.25) is 9.59 Å². The van der Waals surface area contributed by atoms with Gasteiger partial charge in [-0.2, -0.15) is 5.10 Å². The van der Waals surface area contributed by atoms with Crippen LogP contribution in [0.1, 0.15) is 37.0 Å². The highest BCUT2D eigenvalue weighted by atomic mass is 16.6. The van der Waals surface area contributed by atoms with E-state index in [1.165, 1.54) is 0 Å². The van der Waals surface area contributed by atoms with Gasteiger partial charge in [0.1, 0.15) is 11.2 Å². The standard InChI is InChI=1S/C19H26N6O3/c1-13(2)15-11-16(28-21-15)19(27)24-6-4-5-23(8-9-24)18(26)14-12-20-25-10-7-22(3)17(14)25/h7,10,12-13,16H,4-6,8-9,11H2,1-3H3. The summed E-state index contributed by atoms with van der Waals surface area (Å²) in [5.41, 5.74) is 2.29. The molecule has 2 aromatic heterocycles. The summed E-state index contributed by atoms with van der Waals surface area (Å²) >= 11 is 0. The summed E-state index contributed by atoms with van der Waals surface area (Å²) in [7, 11) is 1.89. The molecule has 1 fully saturated rings. The van der Waals surface area contributed by atoms with Crippen LogP contribution in [0.4, 0.5) is 0 Å². The van der Waals surface area contributed by atoms with Crippen LogP contribution < -0.4 is 0 Å². The number of rotatable bonds is 3. The summed E-state index contributed by atoms with van der Waals surface area (Å²) in [4.78, 5) is 34.8. The van der Waals surface area contributed by atoms with Crippen molar-refractivity contribution < 1.29 is 14.4 Å². The van der Waals surface area contributed by atoms with Crippen LogP contribution in [0, 0.1) is 5.92 Å². The zero-order chi connectivity index (χ0) is 19.8. The van der Waals surface area contributed by atoms with Crippen molar-refractivity contribution in [2.45, 2.75) is 32.8 Å². The van der Waals surface area contributed by atoms with E-state index in [-0.39, 0.29) is 17.7 Å². The summed E-state index contributed by atoms with van der Waals surface area (Å²) in [6, 6.07) is 0. The number of amides is 2. The molecule has 28 heavy (non-hydrogen) atoms. The minimum atomic E-state index is -0.529. The van der Waals surface area contributed by atoms with E-state index in [1.807, 2.05) is 42.8 Å². The molecule has 9 heteroatoms. The van der Waals surface area contributed by atoms with Gasteiger partial charge in [0, 0.05) is 52.0 Å². The number of carbonyl (C=O) groups is 2. The molecule has 0 aliphatic carbocycles. The van der Waals surface area contributed by atoms with Gasteiger partial charge >= 0.3 is 0 Å². The number of fused-ring (bicyclic) bond motifs is 1. The Labute approximate surface area is 163 Å². The predicted octanol–water partition coefficient (Wildman–Crippen LogP) is 1.15. The monoisotopic (exact) mass is 386 g/mol. The first-order chi connectivity index (χ1) is 13.5. The van der Waals surface area contributed by atoms with Crippen LogP contribution in [-0.2, 0) is 16.7 Å². The molecule has 1 atom stereocenters. The van der Waals surface area contributed by atoms with Crippen LogP contribution in [0.2, 0.25) is 0 Å². The number of aryl methyl sites for hydroxylation is 1. The van der Waals surface area contributed by atoms with E-state index in [0.717, 1.165) is 17.8 Å². The molecule has 0 bridgehead atoms. The molecule has 4 rings (SSSR count). The fourth-order valence-corrected chi connectivity index (χ4v) is 3.79. The minimum Gasteiger partial charge on any atom is -0.382 e. The maximum Gasteiger partial charge on any atom is 0.266 e. The fraction of sp³-hybridized carbons (Fsp3) is 0.579. The highest BCUT2D eigenvalue weighted by Gasteiger charge is 2.34. The lowest BCUT2D eigenvalue weighted by Gasteiger charge is -2.23. The molecule has 0 saturated carbocycles. The second kappa shape index (κ2) is 7.29. The van der Waals surface area contributed by atoms with Gasteiger partial charge in [-0.05, 0) is 12.3 Å². The molecule has 2 aromatic rings. The van der Waals surface area contributed by atoms with E-state index in [1.54, 1.807) is 15.6 Å². The van der Waals surface area contributed by atoms with E-state index < -0.39 is 6.10 Å². The Morgan fingerprint density at radius 3 is 2.64 bits per heavy atom. The normalized spacial score (nSPS) is 20.4. The number of nitrogens with zero attached hydrogens (tertiary/aromatic N) is 6. The SMILES string of the molecule is CC(C)C1=NOC(C(=O)N2CCCN(C(=O)c3cnn4ccn(C)c34)CC2)C1. The second-order valence-electron chi connectivity index (χ2n) is 7.74. The van der Waals surface area contributed by atoms with E-state index >= 15 is 0 Å². The van der Waals surface area contributed by atoms with Gasteiger partial charge in [-0.1, -0.05) is 19.0 Å². The van der Waals surface area contributed by atoms with Gasteiger partial charge in [-0.25, -0.2) is 4.52 Å². The molecule has 9 nitrogen and oxygen atoms in total. The summed E-state index contributed by atoms with van der Waals surface area (Å²) in [6.07, 6.45) is 6.07. The summed E-state index contributed by atoms with van der Waals surface area (Å²) in [6.45, 7) is 6.32. The van der Waals surface area contributed by atoms with Crippen LogP contribution in [-0.4, -0.2) is 73.8 Å². The molecule has 1 saturated heterocycles. The number of imidazole rings is 1. The van der Waals surface area contributed by atoms with E-state index in [0.29, 0.717) is 38.2 Å². The molecular weight excluding hydrogens is 360 g/mol. The summed E-state index contributed by atoms with van der Waals surface area (Å²) in [5.74, 6) is 0.193. The smallest absolute Gasteiger partial charge is 0.266 e. The maximum atomic E-state index is 13.0. The molecule has 1 unspecified atom stereocenters. The van der Waals surface area contributed by atoms with Crippen molar-refractivity contribution in [2.24, 2.45) is 18.1 Å². The third kappa shape index (κ3) is 3.25. The van der Waals surface area contributed by atoms with Crippen molar-refractivity contribution in [1.29, 1.82) is 0 Å². The lowest BCUT2D eigenvalue weighted by atomic mass is 10.0. The van der Waals surface area contributed by atoms with Crippen molar-refractivity contribution in [3.63, 3.8) is 0 Å². The zero-order valence-electron chi connectivity index (χ0n) is 16.5. The molecule has 150 valence electrons. The maximum absolute atomic E-state index is 13.0. The first-order valence-corrected chi connectivity index (χ1v) is 9.75. The van der Waals surface area contributed by atoms with Crippen LogP contribution in [0.5, 0.6) is 0 Å². The Bertz CT molecular complexity index is 927. The molecule has 0 radical (unpaired) electrons. The average Bonchev–Trinajstić information content (AvgIpc) is 3.35. The van der Waals surface area contributed by atoms with Crippen LogP contribution in [0.25, 0.3) is 5.65 Å². The number of hydrogen-bond donors (Lipinski definition) is 0. The van der Waals surface area contributed by atoms with Gasteiger partial charge in [0.25, 0.3) is 11.8 Å². The Kier molecular flexibility index (Phi) is 4.82. The van der Waals surface area contributed by atoms with Gasteiger partial charge in [0.05, 0.1) is 11.9 Å². The van der Waals surface area contributed by atoms with Gasteiger partial charge in [0.15, 0.2) is 0 Å². The Hall–Kier alpha value is -2.84.